The maximum Gasteiger partial charge on any atom is 0.221 e. The Labute approximate surface area is 91.8 Å². The minimum absolute atomic E-state index is 0.0469. The van der Waals surface area contributed by atoms with Gasteiger partial charge in [0.25, 0.3) is 0 Å². The van der Waals surface area contributed by atoms with Crippen molar-refractivity contribution < 1.29 is 9.53 Å². The van der Waals surface area contributed by atoms with E-state index in [4.69, 9.17) is 4.74 Å². The van der Waals surface area contributed by atoms with E-state index in [2.05, 4.69) is 0 Å². The lowest BCUT2D eigenvalue weighted by atomic mass is 9.90. The van der Waals surface area contributed by atoms with Crippen LogP contribution in [0.2, 0.25) is 0 Å². The van der Waals surface area contributed by atoms with Crippen LogP contribution >= 0.6 is 0 Å². The number of hydrogen-bond acceptors (Lipinski definition) is 2. The van der Waals surface area contributed by atoms with Crippen LogP contribution in [0.3, 0.4) is 0 Å². The second kappa shape index (κ2) is 4.52. The number of amides is 1. The summed E-state index contributed by atoms with van der Waals surface area (Å²) in [6.07, 6.45) is 6.52. The Hall–Kier alpha value is -0.570. The number of likely N-dealkylation sites (tertiary alicyclic amines) is 1. The molecule has 1 saturated carbocycles. The van der Waals surface area contributed by atoms with Gasteiger partial charge in [-0.3, -0.25) is 4.79 Å². The zero-order valence-corrected chi connectivity index (χ0v) is 9.74. The molecule has 0 spiro atoms. The Balaban J connectivity index is 2.12. The Kier molecular flexibility index (Phi) is 3.29. The van der Waals surface area contributed by atoms with Gasteiger partial charge in [-0.15, -0.1) is 0 Å². The number of rotatable bonds is 1. The number of methoxy groups -OCH3 is 1. The smallest absolute Gasteiger partial charge is 0.221 e. The van der Waals surface area contributed by atoms with Gasteiger partial charge in [0, 0.05) is 26.5 Å². The van der Waals surface area contributed by atoms with Gasteiger partial charge in [-0.25, -0.2) is 0 Å². The topological polar surface area (TPSA) is 29.5 Å². The molecule has 1 saturated heterocycles. The molecule has 3 heteroatoms. The van der Waals surface area contributed by atoms with Gasteiger partial charge in [-0.1, -0.05) is 19.3 Å². The highest BCUT2D eigenvalue weighted by molar-refractivity contribution is 5.73. The van der Waals surface area contributed by atoms with Crippen molar-refractivity contribution in [2.45, 2.75) is 45.3 Å². The first-order valence-electron chi connectivity index (χ1n) is 6.04. The number of fused-ring (bicyclic) bond motifs is 1. The van der Waals surface area contributed by atoms with Gasteiger partial charge in [0.2, 0.25) is 5.91 Å². The van der Waals surface area contributed by atoms with Gasteiger partial charge in [0.05, 0.1) is 0 Å². The van der Waals surface area contributed by atoms with Gasteiger partial charge in [0.15, 0.2) is 0 Å². The van der Waals surface area contributed by atoms with Crippen LogP contribution in [0.15, 0.2) is 0 Å². The van der Waals surface area contributed by atoms with Crippen molar-refractivity contribution in [1.29, 1.82) is 0 Å². The van der Waals surface area contributed by atoms with E-state index in [-0.39, 0.29) is 12.1 Å². The van der Waals surface area contributed by atoms with Crippen molar-refractivity contribution in [3.63, 3.8) is 0 Å². The van der Waals surface area contributed by atoms with E-state index in [1.807, 2.05) is 4.90 Å². The van der Waals surface area contributed by atoms with Crippen molar-refractivity contribution in [2.75, 3.05) is 13.7 Å². The first-order valence-corrected chi connectivity index (χ1v) is 6.04. The van der Waals surface area contributed by atoms with Crippen LogP contribution in [0.1, 0.15) is 39.0 Å². The van der Waals surface area contributed by atoms with Gasteiger partial charge >= 0.3 is 0 Å². The van der Waals surface area contributed by atoms with Gasteiger partial charge in [-0.05, 0) is 18.8 Å². The number of ether oxygens (including phenoxy) is 1. The third kappa shape index (κ3) is 2.03. The molecule has 0 aromatic carbocycles. The van der Waals surface area contributed by atoms with E-state index in [0.717, 1.165) is 6.54 Å². The summed E-state index contributed by atoms with van der Waals surface area (Å²) in [5.74, 6) is 1.43. The second-order valence-electron chi connectivity index (χ2n) is 4.86. The van der Waals surface area contributed by atoms with Crippen LogP contribution in [0.5, 0.6) is 0 Å². The maximum atomic E-state index is 11.5. The molecule has 2 aliphatic rings. The van der Waals surface area contributed by atoms with Crippen molar-refractivity contribution in [3.05, 3.63) is 0 Å². The fraction of sp³-hybridized carbons (Fsp3) is 0.917. The summed E-state index contributed by atoms with van der Waals surface area (Å²) in [6.45, 7) is 2.57. The number of hydrogen-bond donors (Lipinski definition) is 0. The Morgan fingerprint density at radius 3 is 2.67 bits per heavy atom. The third-order valence-corrected chi connectivity index (χ3v) is 3.97. The highest BCUT2D eigenvalue weighted by Crippen LogP contribution is 2.39. The quantitative estimate of drug-likeness (QED) is 0.664. The molecule has 1 heterocycles. The summed E-state index contributed by atoms with van der Waals surface area (Å²) in [6, 6.07) is 0. The zero-order valence-electron chi connectivity index (χ0n) is 9.74. The van der Waals surface area contributed by atoms with Crippen LogP contribution < -0.4 is 0 Å². The monoisotopic (exact) mass is 211 g/mol. The van der Waals surface area contributed by atoms with E-state index in [9.17, 15) is 4.79 Å². The summed E-state index contributed by atoms with van der Waals surface area (Å²) in [5.41, 5.74) is 0. The summed E-state index contributed by atoms with van der Waals surface area (Å²) in [7, 11) is 1.73. The normalized spacial score (nSPS) is 36.1. The molecule has 3 unspecified atom stereocenters. The number of carbonyl (C=O) groups excluding carboxylic acids is 1. The van der Waals surface area contributed by atoms with Crippen LogP contribution in [-0.4, -0.2) is 30.7 Å². The van der Waals surface area contributed by atoms with Gasteiger partial charge in [0.1, 0.15) is 6.23 Å². The van der Waals surface area contributed by atoms with Crippen molar-refractivity contribution >= 4 is 5.91 Å². The molecule has 0 aromatic rings. The molecule has 0 aromatic heterocycles. The molecule has 1 amide bonds. The third-order valence-electron chi connectivity index (χ3n) is 3.97. The molecule has 15 heavy (non-hydrogen) atoms. The minimum atomic E-state index is 0.0469. The summed E-state index contributed by atoms with van der Waals surface area (Å²) >= 11 is 0. The van der Waals surface area contributed by atoms with Crippen molar-refractivity contribution in [1.82, 2.24) is 4.90 Å². The standard InChI is InChI=1S/C12H21NO2/c1-9(14)13-8-10-6-4-3-5-7-11(10)12(13)15-2/h10-12H,3-8H2,1-2H3. The largest absolute Gasteiger partial charge is 0.361 e. The molecule has 86 valence electrons. The van der Waals surface area contributed by atoms with Crippen LogP contribution in [0.25, 0.3) is 0 Å². The fourth-order valence-electron chi connectivity index (χ4n) is 3.21. The predicted octanol–water partition coefficient (Wildman–Crippen LogP) is 2.02. The average Bonchev–Trinajstić information content (AvgIpc) is 2.40. The molecule has 0 radical (unpaired) electrons. The highest BCUT2D eigenvalue weighted by Gasteiger charge is 2.42. The molecule has 1 aliphatic carbocycles. The Bertz CT molecular complexity index is 242. The van der Waals surface area contributed by atoms with E-state index < -0.39 is 0 Å². The first-order chi connectivity index (χ1) is 7.24. The van der Waals surface area contributed by atoms with E-state index in [0.29, 0.717) is 11.8 Å². The molecule has 1 aliphatic heterocycles. The lowest BCUT2D eigenvalue weighted by Gasteiger charge is -2.25. The number of nitrogens with zero attached hydrogens (tertiary/aromatic N) is 1. The summed E-state index contributed by atoms with van der Waals surface area (Å²) < 4.78 is 5.52. The molecule has 0 bridgehead atoms. The van der Waals surface area contributed by atoms with Crippen LogP contribution in [-0.2, 0) is 9.53 Å². The van der Waals surface area contributed by atoms with Gasteiger partial charge in [-0.2, -0.15) is 0 Å². The molecular formula is C12H21NO2. The molecule has 0 N–H and O–H groups in total. The van der Waals surface area contributed by atoms with E-state index in [1.54, 1.807) is 14.0 Å². The van der Waals surface area contributed by atoms with Crippen LogP contribution in [0, 0.1) is 11.8 Å². The summed E-state index contributed by atoms with van der Waals surface area (Å²) in [4.78, 5) is 13.4. The van der Waals surface area contributed by atoms with E-state index in [1.165, 1.54) is 32.1 Å². The Morgan fingerprint density at radius 2 is 2.00 bits per heavy atom. The van der Waals surface area contributed by atoms with E-state index >= 15 is 0 Å². The lowest BCUT2D eigenvalue weighted by molar-refractivity contribution is -0.139. The van der Waals surface area contributed by atoms with Crippen LogP contribution in [0.4, 0.5) is 0 Å². The lowest BCUT2D eigenvalue weighted by Crippen LogP contribution is -2.37. The average molecular weight is 211 g/mol. The molecular weight excluding hydrogens is 190 g/mol. The Morgan fingerprint density at radius 1 is 1.27 bits per heavy atom. The molecule has 2 fully saturated rings. The van der Waals surface area contributed by atoms with Gasteiger partial charge < -0.3 is 9.64 Å². The van der Waals surface area contributed by atoms with Crippen molar-refractivity contribution in [3.8, 4) is 0 Å². The summed E-state index contributed by atoms with van der Waals surface area (Å²) in [5, 5.41) is 0. The minimum Gasteiger partial charge on any atom is -0.361 e. The molecule has 2 rings (SSSR count). The highest BCUT2D eigenvalue weighted by atomic mass is 16.5. The second-order valence-corrected chi connectivity index (χ2v) is 4.86. The number of carbonyl (C=O) groups is 1. The molecule has 3 nitrogen and oxygen atoms in total. The first kappa shape index (κ1) is 10.9. The maximum absolute atomic E-state index is 11.5. The SMILES string of the molecule is COC1C2CCCCCC2CN1C(C)=O. The fourth-order valence-corrected chi connectivity index (χ4v) is 3.21. The predicted molar refractivity (Wildman–Crippen MR) is 58.2 cm³/mol. The molecule has 3 atom stereocenters. The zero-order chi connectivity index (χ0) is 10.8. The van der Waals surface area contributed by atoms with Crippen molar-refractivity contribution in [2.24, 2.45) is 11.8 Å².